The Labute approximate surface area is 168 Å². The van der Waals surface area contributed by atoms with Crippen molar-refractivity contribution in [1.82, 2.24) is 5.32 Å². The summed E-state index contributed by atoms with van der Waals surface area (Å²) in [6.07, 6.45) is 0. The van der Waals surface area contributed by atoms with Gasteiger partial charge in [-0.3, -0.25) is 4.79 Å². The lowest BCUT2D eigenvalue weighted by Gasteiger charge is -2.15. The number of benzene rings is 2. The van der Waals surface area contributed by atoms with Crippen LogP contribution in [0.5, 0.6) is 17.2 Å². The SMILES string of the molecule is COc1cc(OC)c(C(=O)OCC(=O)N[C@@H](C)c2ccc(Cl)cc2)cc1OC. The third kappa shape index (κ3) is 5.29. The molecule has 7 nitrogen and oxygen atoms in total. The normalized spacial score (nSPS) is 11.3. The Morgan fingerprint density at radius 3 is 2.11 bits per heavy atom. The first kappa shape index (κ1) is 21.4. The Kier molecular flexibility index (Phi) is 7.52. The molecule has 0 aromatic heterocycles. The zero-order valence-corrected chi connectivity index (χ0v) is 16.8. The average molecular weight is 408 g/mol. The predicted octanol–water partition coefficient (Wildman–Crippen LogP) is 3.40. The maximum atomic E-state index is 12.4. The van der Waals surface area contributed by atoms with E-state index < -0.39 is 18.5 Å². The smallest absolute Gasteiger partial charge is 0.342 e. The zero-order valence-electron chi connectivity index (χ0n) is 16.1. The van der Waals surface area contributed by atoms with E-state index in [-0.39, 0.29) is 17.4 Å². The second kappa shape index (κ2) is 9.85. The van der Waals surface area contributed by atoms with E-state index in [9.17, 15) is 9.59 Å². The fourth-order valence-corrected chi connectivity index (χ4v) is 2.64. The molecular formula is C20H22ClNO6. The molecule has 0 radical (unpaired) electrons. The molecule has 0 unspecified atom stereocenters. The van der Waals surface area contributed by atoms with Crippen LogP contribution in [-0.2, 0) is 9.53 Å². The van der Waals surface area contributed by atoms with Crippen LogP contribution in [0, 0.1) is 0 Å². The maximum Gasteiger partial charge on any atom is 0.342 e. The van der Waals surface area contributed by atoms with Crippen molar-refractivity contribution < 1.29 is 28.5 Å². The van der Waals surface area contributed by atoms with E-state index in [2.05, 4.69) is 5.32 Å². The molecule has 28 heavy (non-hydrogen) atoms. The fourth-order valence-electron chi connectivity index (χ4n) is 2.52. The van der Waals surface area contributed by atoms with Crippen molar-refractivity contribution in [3.8, 4) is 17.2 Å². The quantitative estimate of drug-likeness (QED) is 0.675. The number of hydrogen-bond donors (Lipinski definition) is 1. The highest BCUT2D eigenvalue weighted by molar-refractivity contribution is 6.30. The van der Waals surface area contributed by atoms with Gasteiger partial charge in [-0.15, -0.1) is 0 Å². The van der Waals surface area contributed by atoms with Gasteiger partial charge in [-0.25, -0.2) is 4.79 Å². The van der Waals surface area contributed by atoms with E-state index >= 15 is 0 Å². The second-order valence-corrected chi connectivity index (χ2v) is 6.26. The summed E-state index contributed by atoms with van der Waals surface area (Å²) in [6.45, 7) is 1.38. The van der Waals surface area contributed by atoms with Gasteiger partial charge in [0.05, 0.1) is 27.4 Å². The molecule has 150 valence electrons. The molecule has 0 aliphatic carbocycles. The zero-order chi connectivity index (χ0) is 20.7. The number of methoxy groups -OCH3 is 3. The summed E-state index contributed by atoms with van der Waals surface area (Å²) in [5.74, 6) is -0.151. The molecule has 0 saturated heterocycles. The Morgan fingerprint density at radius 1 is 0.964 bits per heavy atom. The maximum absolute atomic E-state index is 12.4. The standard InChI is InChI=1S/C20H22ClNO6/c1-12(13-5-7-14(21)8-6-13)22-19(23)11-28-20(24)15-9-17(26-3)18(27-4)10-16(15)25-2/h5-10,12H,11H2,1-4H3,(H,22,23)/t12-/m0/s1. The Bertz CT molecular complexity index is 837. The third-order valence-corrected chi connectivity index (χ3v) is 4.26. The highest BCUT2D eigenvalue weighted by atomic mass is 35.5. The first-order valence-corrected chi connectivity index (χ1v) is 8.79. The first-order valence-electron chi connectivity index (χ1n) is 8.41. The number of rotatable bonds is 8. The molecule has 0 heterocycles. The monoisotopic (exact) mass is 407 g/mol. The van der Waals surface area contributed by atoms with Gasteiger partial charge >= 0.3 is 5.97 Å². The number of carbonyl (C=O) groups excluding carboxylic acids is 2. The average Bonchev–Trinajstić information content (AvgIpc) is 2.71. The summed E-state index contributed by atoms with van der Waals surface area (Å²) >= 11 is 5.86. The lowest BCUT2D eigenvalue weighted by atomic mass is 10.1. The van der Waals surface area contributed by atoms with Crippen LogP contribution in [0.3, 0.4) is 0 Å². The molecule has 0 fully saturated rings. The Balaban J connectivity index is 2.01. The summed E-state index contributed by atoms with van der Waals surface area (Å²) in [6, 6.07) is 9.79. The largest absolute Gasteiger partial charge is 0.496 e. The van der Waals surface area contributed by atoms with Gasteiger partial charge in [-0.1, -0.05) is 23.7 Å². The van der Waals surface area contributed by atoms with E-state index in [0.29, 0.717) is 16.5 Å². The molecule has 0 aliphatic heterocycles. The van der Waals surface area contributed by atoms with Crippen LogP contribution in [0.25, 0.3) is 0 Å². The highest BCUT2D eigenvalue weighted by Crippen LogP contribution is 2.34. The predicted molar refractivity (Wildman–Crippen MR) is 104 cm³/mol. The van der Waals surface area contributed by atoms with Gasteiger partial charge in [0.2, 0.25) is 0 Å². The van der Waals surface area contributed by atoms with Crippen molar-refractivity contribution in [2.45, 2.75) is 13.0 Å². The molecule has 1 amide bonds. The molecule has 0 spiro atoms. The minimum atomic E-state index is -0.716. The van der Waals surface area contributed by atoms with Crippen molar-refractivity contribution >= 4 is 23.5 Å². The van der Waals surface area contributed by atoms with E-state index in [4.69, 9.17) is 30.5 Å². The van der Waals surface area contributed by atoms with E-state index in [0.717, 1.165) is 5.56 Å². The van der Waals surface area contributed by atoms with Gasteiger partial charge in [0.15, 0.2) is 18.1 Å². The first-order chi connectivity index (χ1) is 13.4. The van der Waals surface area contributed by atoms with Gasteiger partial charge in [0, 0.05) is 17.2 Å². The topological polar surface area (TPSA) is 83.1 Å². The molecule has 2 aromatic carbocycles. The van der Waals surface area contributed by atoms with Gasteiger partial charge < -0.3 is 24.3 Å². The van der Waals surface area contributed by atoms with Crippen molar-refractivity contribution in [3.63, 3.8) is 0 Å². The Morgan fingerprint density at radius 2 is 1.54 bits per heavy atom. The lowest BCUT2D eigenvalue weighted by molar-refractivity contribution is -0.124. The van der Waals surface area contributed by atoms with Crippen LogP contribution in [0.15, 0.2) is 36.4 Å². The van der Waals surface area contributed by atoms with Crippen LogP contribution in [0.4, 0.5) is 0 Å². The van der Waals surface area contributed by atoms with Gasteiger partial charge in [-0.05, 0) is 24.6 Å². The number of amides is 1. The summed E-state index contributed by atoms with van der Waals surface area (Å²) in [5.41, 5.74) is 1.00. The summed E-state index contributed by atoms with van der Waals surface area (Å²) in [4.78, 5) is 24.5. The minimum Gasteiger partial charge on any atom is -0.496 e. The van der Waals surface area contributed by atoms with Gasteiger partial charge in [0.25, 0.3) is 5.91 Å². The molecule has 0 aliphatic rings. The number of halogens is 1. The summed E-state index contributed by atoms with van der Waals surface area (Å²) in [5, 5.41) is 3.37. The van der Waals surface area contributed by atoms with Gasteiger partial charge in [0.1, 0.15) is 11.3 Å². The van der Waals surface area contributed by atoms with Gasteiger partial charge in [-0.2, -0.15) is 0 Å². The highest BCUT2D eigenvalue weighted by Gasteiger charge is 2.20. The number of carbonyl (C=O) groups is 2. The summed E-state index contributed by atoms with van der Waals surface area (Å²) in [7, 11) is 4.34. The molecule has 1 atom stereocenters. The number of hydrogen-bond acceptors (Lipinski definition) is 6. The molecule has 1 N–H and O–H groups in total. The van der Waals surface area contributed by atoms with Crippen molar-refractivity contribution in [3.05, 3.63) is 52.5 Å². The van der Waals surface area contributed by atoms with Crippen LogP contribution < -0.4 is 19.5 Å². The van der Waals surface area contributed by atoms with E-state index in [1.807, 2.05) is 19.1 Å². The van der Waals surface area contributed by atoms with Crippen molar-refractivity contribution in [1.29, 1.82) is 0 Å². The second-order valence-electron chi connectivity index (χ2n) is 5.82. The van der Waals surface area contributed by atoms with Crippen molar-refractivity contribution in [2.24, 2.45) is 0 Å². The fraction of sp³-hybridized carbons (Fsp3) is 0.300. The van der Waals surface area contributed by atoms with Crippen LogP contribution in [0.1, 0.15) is 28.9 Å². The third-order valence-electron chi connectivity index (χ3n) is 4.01. The van der Waals surface area contributed by atoms with Crippen molar-refractivity contribution in [2.75, 3.05) is 27.9 Å². The van der Waals surface area contributed by atoms with Crippen LogP contribution >= 0.6 is 11.6 Å². The molecule has 0 bridgehead atoms. The van der Waals surface area contributed by atoms with Crippen LogP contribution in [-0.4, -0.2) is 39.8 Å². The number of esters is 1. The minimum absolute atomic E-state index is 0.124. The molecule has 8 heteroatoms. The molecular weight excluding hydrogens is 386 g/mol. The lowest BCUT2D eigenvalue weighted by Crippen LogP contribution is -2.31. The Hall–Kier alpha value is -2.93. The molecule has 0 saturated carbocycles. The molecule has 2 aromatic rings. The number of nitrogens with one attached hydrogen (secondary N) is 1. The number of ether oxygens (including phenoxy) is 4. The van der Waals surface area contributed by atoms with E-state index in [1.54, 1.807) is 12.1 Å². The van der Waals surface area contributed by atoms with E-state index in [1.165, 1.54) is 33.5 Å². The molecule has 2 rings (SSSR count). The summed E-state index contributed by atoms with van der Waals surface area (Å²) < 4.78 is 20.7. The van der Waals surface area contributed by atoms with Crippen LogP contribution in [0.2, 0.25) is 5.02 Å².